The van der Waals surface area contributed by atoms with Crippen LogP contribution in [0.1, 0.15) is 35.2 Å². The van der Waals surface area contributed by atoms with Crippen LogP contribution < -0.4 is 4.74 Å². The van der Waals surface area contributed by atoms with Gasteiger partial charge in [0.25, 0.3) is 0 Å². The fourth-order valence-electron chi connectivity index (χ4n) is 5.01. The molecule has 47 heavy (non-hydrogen) atoms. The van der Waals surface area contributed by atoms with Crippen LogP contribution >= 0.6 is 0 Å². The van der Waals surface area contributed by atoms with Crippen LogP contribution in [0.3, 0.4) is 0 Å². The van der Waals surface area contributed by atoms with E-state index in [4.69, 9.17) is 25.2 Å². The number of allylic oxidation sites excluding steroid dienone is 1. The van der Waals surface area contributed by atoms with Crippen molar-refractivity contribution in [1.82, 2.24) is 9.80 Å². The molecule has 1 fully saturated rings. The zero-order valence-electron chi connectivity index (χ0n) is 25.5. The highest BCUT2D eigenvalue weighted by molar-refractivity contribution is 5.90. The van der Waals surface area contributed by atoms with Crippen LogP contribution in [0.4, 0.5) is 4.39 Å². The van der Waals surface area contributed by atoms with Crippen molar-refractivity contribution in [3.63, 3.8) is 0 Å². The largest absolute Gasteiger partial charge is 0.488 e. The summed E-state index contributed by atoms with van der Waals surface area (Å²) in [6.07, 6.45) is 4.48. The van der Waals surface area contributed by atoms with E-state index < -0.39 is 23.9 Å². The van der Waals surface area contributed by atoms with Crippen LogP contribution in [0.25, 0.3) is 6.08 Å². The molecule has 2 heterocycles. The molecule has 12 heteroatoms. The van der Waals surface area contributed by atoms with Crippen LogP contribution in [0.15, 0.2) is 103 Å². The van der Waals surface area contributed by atoms with Crippen LogP contribution in [-0.4, -0.2) is 80.3 Å². The molecule has 3 aromatic carbocycles. The van der Waals surface area contributed by atoms with E-state index in [1.807, 2.05) is 18.2 Å². The van der Waals surface area contributed by atoms with E-state index in [9.17, 15) is 23.6 Å². The van der Waals surface area contributed by atoms with Crippen molar-refractivity contribution >= 4 is 30.0 Å². The molecule has 5 rings (SSSR count). The summed E-state index contributed by atoms with van der Waals surface area (Å²) < 4.78 is 20.0. The molecule has 4 N–H and O–H groups in total. The van der Waals surface area contributed by atoms with Crippen LogP contribution in [0, 0.1) is 5.82 Å². The highest BCUT2D eigenvalue weighted by Crippen LogP contribution is 2.40. The molecule has 0 bridgehead atoms. The molecule has 2 aliphatic heterocycles. The van der Waals surface area contributed by atoms with Crippen molar-refractivity contribution in [2.45, 2.75) is 19.6 Å². The standard InChI is InChI=1S/C27H27FN2O.2C4H4O4/c1-20(17-21-7-3-2-4-8-21)29-13-15-30(16-14-29)27-24-10-6-5-9-22(24)19-31-26-18-23(28)11-12-25(26)27;2*5-3(6)1-2-4(7)8/h2-12,17-18,27H,13-16,19H2,1H3;2*1-2H,(H,5,6)(H,7,8)/b;2*2-1-. The maximum absolute atomic E-state index is 13.9. The van der Waals surface area contributed by atoms with E-state index in [0.717, 1.165) is 31.7 Å². The van der Waals surface area contributed by atoms with Gasteiger partial charge in [0.05, 0.1) is 6.04 Å². The molecule has 2 aliphatic rings. The molecule has 1 saturated heterocycles. The molecule has 1 unspecified atom stereocenters. The molecule has 0 radical (unpaired) electrons. The first-order valence-electron chi connectivity index (χ1n) is 14.4. The number of hydrogen-bond acceptors (Lipinski definition) is 7. The van der Waals surface area contributed by atoms with E-state index in [-0.39, 0.29) is 11.9 Å². The number of nitrogens with zero attached hydrogens (tertiary/aromatic N) is 2. The third-order valence-corrected chi connectivity index (χ3v) is 7.09. The summed E-state index contributed by atoms with van der Waals surface area (Å²) in [5.74, 6) is -4.63. The second kappa shape index (κ2) is 17.7. The van der Waals surface area contributed by atoms with Crippen LogP contribution in [0.2, 0.25) is 0 Å². The summed E-state index contributed by atoms with van der Waals surface area (Å²) in [7, 11) is 0. The number of ether oxygens (including phenoxy) is 1. The van der Waals surface area contributed by atoms with Crippen molar-refractivity contribution in [2.75, 3.05) is 26.2 Å². The number of halogens is 1. The van der Waals surface area contributed by atoms with Gasteiger partial charge in [-0.3, -0.25) is 4.90 Å². The van der Waals surface area contributed by atoms with E-state index in [1.165, 1.54) is 28.5 Å². The summed E-state index contributed by atoms with van der Waals surface area (Å²) in [6, 6.07) is 24.0. The Balaban J connectivity index is 0.000000312. The fraction of sp³-hybridized carbons (Fsp3) is 0.200. The molecule has 0 spiro atoms. The second-order valence-corrected chi connectivity index (χ2v) is 10.3. The number of benzene rings is 3. The molecular formula is C35H35FN2O9. The Kier molecular flexibility index (Phi) is 13.4. The highest BCUT2D eigenvalue weighted by atomic mass is 19.1. The molecule has 1 atom stereocenters. The minimum Gasteiger partial charge on any atom is -0.488 e. The number of carbonyl (C=O) groups is 4. The molecule has 0 saturated carbocycles. The number of piperazine rings is 1. The normalized spacial score (nSPS) is 15.9. The summed E-state index contributed by atoms with van der Waals surface area (Å²) >= 11 is 0. The number of rotatable bonds is 7. The van der Waals surface area contributed by atoms with Crippen molar-refractivity contribution in [3.8, 4) is 5.75 Å². The van der Waals surface area contributed by atoms with Crippen LogP contribution in [-0.2, 0) is 25.8 Å². The highest BCUT2D eigenvalue weighted by Gasteiger charge is 2.32. The minimum atomic E-state index is -1.26. The smallest absolute Gasteiger partial charge is 0.328 e. The second-order valence-electron chi connectivity index (χ2n) is 10.3. The Hall–Kier alpha value is -5.75. The minimum absolute atomic E-state index is 0.0786. The maximum atomic E-state index is 13.9. The topological polar surface area (TPSA) is 165 Å². The van der Waals surface area contributed by atoms with E-state index in [1.54, 1.807) is 6.07 Å². The fourth-order valence-corrected chi connectivity index (χ4v) is 5.01. The first-order chi connectivity index (χ1) is 22.4. The lowest BCUT2D eigenvalue weighted by Gasteiger charge is -2.41. The average Bonchev–Trinajstić information content (AvgIpc) is 3.20. The van der Waals surface area contributed by atoms with E-state index in [2.05, 4.69) is 65.3 Å². The number of hydrogen-bond donors (Lipinski definition) is 4. The first kappa shape index (κ1) is 35.7. The lowest BCUT2D eigenvalue weighted by molar-refractivity contribution is -0.134. The predicted molar refractivity (Wildman–Crippen MR) is 171 cm³/mol. The van der Waals surface area contributed by atoms with Crippen molar-refractivity contribution < 1.29 is 48.7 Å². The number of aliphatic carboxylic acids is 4. The van der Waals surface area contributed by atoms with Gasteiger partial charge >= 0.3 is 23.9 Å². The Morgan fingerprint density at radius 3 is 1.81 bits per heavy atom. The van der Waals surface area contributed by atoms with Crippen molar-refractivity contribution in [1.29, 1.82) is 0 Å². The molecule has 0 aliphatic carbocycles. The SMILES string of the molecule is CC(=Cc1ccccc1)N1CCN(C2c3ccccc3COc3cc(F)ccc32)CC1.O=C(O)/C=C\C(=O)O.O=C(O)/C=C\C(=O)O. The lowest BCUT2D eigenvalue weighted by Crippen LogP contribution is -2.47. The Morgan fingerprint density at radius 1 is 0.723 bits per heavy atom. The number of carboxylic acid groups (broad SMARTS) is 4. The predicted octanol–water partition coefficient (Wildman–Crippen LogP) is 4.91. The zero-order chi connectivity index (χ0) is 34.3. The zero-order valence-corrected chi connectivity index (χ0v) is 25.5. The van der Waals surface area contributed by atoms with Gasteiger partial charge in [-0.15, -0.1) is 0 Å². The van der Waals surface area contributed by atoms with Gasteiger partial charge in [0, 0.05) is 67.8 Å². The maximum Gasteiger partial charge on any atom is 0.328 e. The van der Waals surface area contributed by atoms with Crippen LogP contribution in [0.5, 0.6) is 5.75 Å². The Morgan fingerprint density at radius 2 is 1.26 bits per heavy atom. The summed E-state index contributed by atoms with van der Waals surface area (Å²) in [5.41, 5.74) is 6.01. The van der Waals surface area contributed by atoms with E-state index in [0.29, 0.717) is 36.7 Å². The van der Waals surface area contributed by atoms with Gasteiger partial charge in [-0.25, -0.2) is 23.6 Å². The molecule has 0 aromatic heterocycles. The van der Waals surface area contributed by atoms with Gasteiger partial charge in [-0.1, -0.05) is 60.7 Å². The molecule has 246 valence electrons. The van der Waals surface area contributed by atoms with Gasteiger partial charge in [0.2, 0.25) is 0 Å². The monoisotopic (exact) mass is 646 g/mol. The van der Waals surface area contributed by atoms with Gasteiger partial charge in [-0.2, -0.15) is 0 Å². The third kappa shape index (κ3) is 11.6. The lowest BCUT2D eigenvalue weighted by atomic mass is 9.93. The van der Waals surface area contributed by atoms with Gasteiger partial charge in [-0.05, 0) is 35.8 Å². The van der Waals surface area contributed by atoms with Gasteiger partial charge in [0.1, 0.15) is 18.2 Å². The molecular weight excluding hydrogens is 611 g/mol. The number of fused-ring (bicyclic) bond motifs is 2. The van der Waals surface area contributed by atoms with Crippen molar-refractivity contribution in [3.05, 3.63) is 131 Å². The summed E-state index contributed by atoms with van der Waals surface area (Å²) in [6.45, 7) is 6.47. The van der Waals surface area contributed by atoms with Crippen molar-refractivity contribution in [2.24, 2.45) is 0 Å². The Labute approximate surface area is 270 Å². The Bertz CT molecular complexity index is 1580. The van der Waals surface area contributed by atoms with Gasteiger partial charge < -0.3 is 30.1 Å². The average molecular weight is 647 g/mol. The molecule has 0 amide bonds. The third-order valence-electron chi connectivity index (χ3n) is 7.09. The molecule has 3 aromatic rings. The first-order valence-corrected chi connectivity index (χ1v) is 14.4. The van der Waals surface area contributed by atoms with Gasteiger partial charge in [0.15, 0.2) is 0 Å². The molecule has 11 nitrogen and oxygen atoms in total. The summed E-state index contributed by atoms with van der Waals surface area (Å²) in [5, 5.41) is 31.2. The van der Waals surface area contributed by atoms with E-state index >= 15 is 0 Å². The number of carboxylic acids is 4. The quantitative estimate of drug-likeness (QED) is 0.258. The summed E-state index contributed by atoms with van der Waals surface area (Å²) in [4.78, 5) is 43.2.